The van der Waals surface area contributed by atoms with Crippen molar-refractivity contribution >= 4 is 0 Å². The lowest BCUT2D eigenvalue weighted by molar-refractivity contribution is 0.214. The number of hydrogen-bond donors (Lipinski definition) is 1. The van der Waals surface area contributed by atoms with E-state index in [4.69, 9.17) is 9.63 Å². The lowest BCUT2D eigenvalue weighted by Crippen LogP contribution is -2.21. The Balaban J connectivity index is 2.51. The van der Waals surface area contributed by atoms with Crippen LogP contribution in [0.4, 0.5) is 0 Å². The third-order valence-corrected chi connectivity index (χ3v) is 2.06. The van der Waals surface area contributed by atoms with Crippen LogP contribution in [0, 0.1) is 0 Å². The molecule has 1 aromatic rings. The first-order valence-electron chi connectivity index (χ1n) is 4.88. The van der Waals surface area contributed by atoms with Gasteiger partial charge in [-0.2, -0.15) is 0 Å². The topological polar surface area (TPSA) is 49.5 Å². The molecule has 14 heavy (non-hydrogen) atoms. The van der Waals surface area contributed by atoms with Gasteiger partial charge in [0.05, 0.1) is 12.3 Å². The van der Waals surface area contributed by atoms with Crippen LogP contribution < -0.4 is 0 Å². The number of nitrogens with zero attached hydrogens (tertiary/aromatic N) is 2. The minimum absolute atomic E-state index is 0.172. The summed E-state index contributed by atoms with van der Waals surface area (Å²) in [7, 11) is 1.94. The van der Waals surface area contributed by atoms with E-state index < -0.39 is 0 Å². The van der Waals surface area contributed by atoms with Crippen molar-refractivity contribution in [2.24, 2.45) is 0 Å². The van der Waals surface area contributed by atoms with E-state index >= 15 is 0 Å². The highest BCUT2D eigenvalue weighted by Gasteiger charge is 2.09. The standard InChI is InChI=1S/C10H18N2O2/c1-8(2)10-6-9(11-14-10)7-12(3)4-5-13/h6,8,13H,4-5,7H2,1-3H3. The zero-order valence-corrected chi connectivity index (χ0v) is 9.03. The zero-order valence-electron chi connectivity index (χ0n) is 9.03. The van der Waals surface area contributed by atoms with Gasteiger partial charge in [0.1, 0.15) is 5.76 Å². The maximum absolute atomic E-state index is 8.72. The molecule has 0 radical (unpaired) electrons. The molecule has 0 aliphatic carbocycles. The van der Waals surface area contributed by atoms with Crippen LogP contribution in [0.5, 0.6) is 0 Å². The highest BCUT2D eigenvalue weighted by Crippen LogP contribution is 2.15. The van der Waals surface area contributed by atoms with Crippen LogP contribution in [0.2, 0.25) is 0 Å². The van der Waals surface area contributed by atoms with Gasteiger partial charge in [-0.15, -0.1) is 0 Å². The molecular weight excluding hydrogens is 180 g/mol. The molecule has 4 nitrogen and oxygen atoms in total. The SMILES string of the molecule is CC(C)c1cc(CN(C)CCO)no1. The quantitative estimate of drug-likeness (QED) is 0.773. The van der Waals surface area contributed by atoms with Crippen LogP contribution in [0.1, 0.15) is 31.2 Å². The molecule has 4 heteroatoms. The van der Waals surface area contributed by atoms with Crippen LogP contribution in [-0.4, -0.2) is 35.4 Å². The predicted octanol–water partition coefficient (Wildman–Crippen LogP) is 1.22. The maximum Gasteiger partial charge on any atom is 0.139 e. The van der Waals surface area contributed by atoms with E-state index in [0.29, 0.717) is 12.5 Å². The second kappa shape index (κ2) is 5.12. The third-order valence-electron chi connectivity index (χ3n) is 2.06. The summed E-state index contributed by atoms with van der Waals surface area (Å²) in [6.07, 6.45) is 0. The molecule has 0 atom stereocenters. The van der Waals surface area contributed by atoms with Crippen molar-refractivity contribution in [2.75, 3.05) is 20.2 Å². The van der Waals surface area contributed by atoms with Crippen molar-refractivity contribution in [2.45, 2.75) is 26.3 Å². The van der Waals surface area contributed by atoms with Crippen LogP contribution in [0.3, 0.4) is 0 Å². The molecule has 0 saturated carbocycles. The first-order valence-corrected chi connectivity index (χ1v) is 4.88. The normalized spacial score (nSPS) is 11.6. The van der Waals surface area contributed by atoms with Crippen molar-refractivity contribution in [1.82, 2.24) is 10.1 Å². The van der Waals surface area contributed by atoms with Gasteiger partial charge in [0.15, 0.2) is 0 Å². The lowest BCUT2D eigenvalue weighted by atomic mass is 10.1. The molecule has 0 spiro atoms. The van der Waals surface area contributed by atoms with E-state index in [1.165, 1.54) is 0 Å². The molecule has 0 fully saturated rings. The Morgan fingerprint density at radius 2 is 2.29 bits per heavy atom. The van der Waals surface area contributed by atoms with Crippen LogP contribution in [0.25, 0.3) is 0 Å². The molecule has 0 saturated heterocycles. The van der Waals surface area contributed by atoms with E-state index in [0.717, 1.165) is 18.0 Å². The molecule has 0 aromatic carbocycles. The fraction of sp³-hybridized carbons (Fsp3) is 0.700. The van der Waals surface area contributed by atoms with Crippen LogP contribution in [0.15, 0.2) is 10.6 Å². The second-order valence-corrected chi connectivity index (χ2v) is 3.84. The van der Waals surface area contributed by atoms with Crippen molar-refractivity contribution in [3.63, 3.8) is 0 Å². The third kappa shape index (κ3) is 3.12. The molecule has 0 aliphatic heterocycles. The molecule has 0 aliphatic rings. The first kappa shape index (κ1) is 11.2. The Bertz CT molecular complexity index is 271. The van der Waals surface area contributed by atoms with E-state index in [1.54, 1.807) is 0 Å². The highest BCUT2D eigenvalue weighted by atomic mass is 16.5. The Hall–Kier alpha value is -0.870. The average molecular weight is 198 g/mol. The van der Waals surface area contributed by atoms with Crippen LogP contribution in [-0.2, 0) is 6.54 Å². The van der Waals surface area contributed by atoms with Crippen molar-refractivity contribution in [3.8, 4) is 0 Å². The lowest BCUT2D eigenvalue weighted by Gasteiger charge is -2.11. The molecule has 1 N–H and O–H groups in total. The van der Waals surface area contributed by atoms with E-state index in [2.05, 4.69) is 19.0 Å². The fourth-order valence-corrected chi connectivity index (χ4v) is 1.20. The van der Waals surface area contributed by atoms with Gasteiger partial charge in [-0.3, -0.25) is 4.90 Å². The summed E-state index contributed by atoms with van der Waals surface area (Å²) in [5.41, 5.74) is 0.921. The molecule has 0 unspecified atom stereocenters. The largest absolute Gasteiger partial charge is 0.395 e. The number of aromatic nitrogens is 1. The van der Waals surface area contributed by atoms with Gasteiger partial charge in [-0.05, 0) is 7.05 Å². The number of rotatable bonds is 5. The number of aliphatic hydroxyl groups is 1. The van der Waals surface area contributed by atoms with Gasteiger partial charge in [-0.1, -0.05) is 19.0 Å². The smallest absolute Gasteiger partial charge is 0.139 e. The van der Waals surface area contributed by atoms with Gasteiger partial charge in [0.2, 0.25) is 0 Å². The van der Waals surface area contributed by atoms with Gasteiger partial charge < -0.3 is 9.63 Å². The first-order chi connectivity index (χ1) is 6.63. The van der Waals surface area contributed by atoms with Crippen molar-refractivity contribution in [1.29, 1.82) is 0 Å². The Labute approximate surface area is 84.5 Å². The Morgan fingerprint density at radius 3 is 2.79 bits per heavy atom. The monoisotopic (exact) mass is 198 g/mol. The van der Waals surface area contributed by atoms with Gasteiger partial charge in [-0.25, -0.2) is 0 Å². The minimum atomic E-state index is 0.172. The summed E-state index contributed by atoms with van der Waals surface area (Å²) < 4.78 is 5.17. The van der Waals surface area contributed by atoms with Gasteiger partial charge in [0, 0.05) is 25.1 Å². The predicted molar refractivity (Wildman–Crippen MR) is 54.0 cm³/mol. The summed E-state index contributed by atoms with van der Waals surface area (Å²) >= 11 is 0. The Kier molecular flexibility index (Phi) is 4.10. The highest BCUT2D eigenvalue weighted by molar-refractivity contribution is 5.08. The summed E-state index contributed by atoms with van der Waals surface area (Å²) in [5, 5.41) is 12.7. The molecule has 1 aromatic heterocycles. The summed E-state index contributed by atoms with van der Waals surface area (Å²) in [5.74, 6) is 1.29. The zero-order chi connectivity index (χ0) is 10.6. The summed E-state index contributed by atoms with van der Waals surface area (Å²) in [6.45, 7) is 5.69. The molecule has 0 amide bonds. The van der Waals surface area contributed by atoms with Crippen molar-refractivity contribution in [3.05, 3.63) is 17.5 Å². The summed E-state index contributed by atoms with van der Waals surface area (Å²) in [6, 6.07) is 1.97. The van der Waals surface area contributed by atoms with Gasteiger partial charge >= 0.3 is 0 Å². The van der Waals surface area contributed by atoms with Gasteiger partial charge in [0.25, 0.3) is 0 Å². The number of likely N-dealkylation sites (N-methyl/N-ethyl adjacent to an activating group) is 1. The summed E-state index contributed by atoms with van der Waals surface area (Å²) in [4.78, 5) is 2.00. The van der Waals surface area contributed by atoms with E-state index in [1.807, 2.05) is 18.0 Å². The van der Waals surface area contributed by atoms with Crippen LogP contribution >= 0.6 is 0 Å². The minimum Gasteiger partial charge on any atom is -0.395 e. The van der Waals surface area contributed by atoms with E-state index in [-0.39, 0.29) is 6.61 Å². The van der Waals surface area contributed by atoms with Crippen molar-refractivity contribution < 1.29 is 9.63 Å². The van der Waals surface area contributed by atoms with E-state index in [9.17, 15) is 0 Å². The molecule has 0 bridgehead atoms. The number of hydrogen-bond acceptors (Lipinski definition) is 4. The fourth-order valence-electron chi connectivity index (χ4n) is 1.20. The molecule has 1 rings (SSSR count). The molecule has 80 valence electrons. The molecular formula is C10H18N2O2. The molecule has 1 heterocycles. The Morgan fingerprint density at radius 1 is 1.57 bits per heavy atom. The average Bonchev–Trinajstić information content (AvgIpc) is 2.53. The maximum atomic E-state index is 8.72. The number of aliphatic hydroxyl groups excluding tert-OH is 1. The second-order valence-electron chi connectivity index (χ2n) is 3.84.